The van der Waals surface area contributed by atoms with Crippen molar-refractivity contribution in [2.75, 3.05) is 5.32 Å². The fourth-order valence-electron chi connectivity index (χ4n) is 2.20. The highest BCUT2D eigenvalue weighted by atomic mass is 19.1. The average Bonchev–Trinajstić information content (AvgIpc) is 3.38. The van der Waals surface area contributed by atoms with Gasteiger partial charge in [-0.05, 0) is 28.5 Å². The summed E-state index contributed by atoms with van der Waals surface area (Å²) in [5.74, 6) is -2.52. The molecular formula is C13H6BFN8O4. The number of amides is 1. The van der Waals surface area contributed by atoms with Crippen molar-refractivity contribution >= 4 is 25.0 Å². The Morgan fingerprint density at radius 2 is 2.15 bits per heavy atom. The van der Waals surface area contributed by atoms with Crippen LogP contribution in [0.5, 0.6) is 0 Å². The molecule has 1 aromatic carbocycles. The zero-order valence-corrected chi connectivity index (χ0v) is 13.1. The van der Waals surface area contributed by atoms with Crippen LogP contribution in [0.4, 0.5) is 10.2 Å². The molecule has 132 valence electrons. The Morgan fingerprint density at radius 1 is 1.30 bits per heavy atom. The molecule has 2 N–H and O–H groups in total. The second-order valence-electron chi connectivity index (χ2n) is 5.08. The van der Waals surface area contributed by atoms with Crippen LogP contribution in [0.1, 0.15) is 10.5 Å². The Hall–Kier alpha value is -4.10. The van der Waals surface area contributed by atoms with Gasteiger partial charge in [-0.1, -0.05) is 10.6 Å². The smallest absolute Gasteiger partial charge is 0.300 e. The third-order valence-corrected chi connectivity index (χ3v) is 3.42. The number of halogens is 1. The molecular weight excluding hydrogens is 362 g/mol. The summed E-state index contributed by atoms with van der Waals surface area (Å²) in [6, 6.07) is 3.57. The molecule has 3 aromatic heterocycles. The molecule has 2 radical (unpaired) electrons. The monoisotopic (exact) mass is 368 g/mol. The van der Waals surface area contributed by atoms with Crippen molar-refractivity contribution in [2.45, 2.75) is 0 Å². The second-order valence-corrected chi connectivity index (χ2v) is 5.08. The third kappa shape index (κ3) is 2.88. The number of carbonyl (C=O) groups excluding carboxylic acids is 1. The Bertz CT molecular complexity index is 1180. The van der Waals surface area contributed by atoms with E-state index in [4.69, 9.17) is 7.85 Å². The predicted molar refractivity (Wildman–Crippen MR) is 85.1 cm³/mol. The molecule has 12 nitrogen and oxygen atoms in total. The SMILES string of the molecule is [B]c1cc(-n2c(-c3nonc3NC(=O)c3cn[nH]n3)noc2=O)ccc1F. The summed E-state index contributed by atoms with van der Waals surface area (Å²) in [4.78, 5) is 24.1. The first-order valence-corrected chi connectivity index (χ1v) is 7.19. The molecule has 1 amide bonds. The third-order valence-electron chi connectivity index (χ3n) is 3.42. The van der Waals surface area contributed by atoms with E-state index in [1.807, 2.05) is 0 Å². The van der Waals surface area contributed by atoms with Crippen LogP contribution in [0.2, 0.25) is 0 Å². The van der Waals surface area contributed by atoms with Crippen LogP contribution in [0.15, 0.2) is 38.3 Å². The van der Waals surface area contributed by atoms with Gasteiger partial charge in [-0.3, -0.25) is 9.32 Å². The van der Waals surface area contributed by atoms with Gasteiger partial charge in [0.25, 0.3) is 5.91 Å². The number of nitrogens with zero attached hydrogens (tertiary/aromatic N) is 6. The number of aromatic nitrogens is 7. The summed E-state index contributed by atoms with van der Waals surface area (Å²) in [6.45, 7) is 0. The lowest BCUT2D eigenvalue weighted by molar-refractivity contribution is 0.102. The van der Waals surface area contributed by atoms with E-state index in [1.54, 1.807) is 0 Å². The van der Waals surface area contributed by atoms with Crippen molar-refractivity contribution in [3.8, 4) is 17.2 Å². The quantitative estimate of drug-likeness (QED) is 0.439. The zero-order chi connectivity index (χ0) is 19.0. The molecule has 0 aliphatic rings. The van der Waals surface area contributed by atoms with E-state index in [9.17, 15) is 14.0 Å². The van der Waals surface area contributed by atoms with Crippen molar-refractivity contribution < 1.29 is 18.3 Å². The lowest BCUT2D eigenvalue weighted by atomic mass is 9.95. The molecule has 0 saturated carbocycles. The minimum Gasteiger partial charge on any atom is -0.300 e. The molecule has 0 unspecified atom stereocenters. The lowest BCUT2D eigenvalue weighted by Gasteiger charge is -2.05. The number of rotatable bonds is 4. The number of hydrogen-bond acceptors (Lipinski definition) is 9. The maximum atomic E-state index is 13.4. The Labute approximate surface area is 148 Å². The minimum atomic E-state index is -0.896. The van der Waals surface area contributed by atoms with Crippen LogP contribution in [0.25, 0.3) is 17.2 Å². The van der Waals surface area contributed by atoms with Crippen LogP contribution >= 0.6 is 0 Å². The first kappa shape index (κ1) is 16.4. The van der Waals surface area contributed by atoms with E-state index in [0.717, 1.165) is 10.6 Å². The summed E-state index contributed by atoms with van der Waals surface area (Å²) in [6.07, 6.45) is 1.19. The summed E-state index contributed by atoms with van der Waals surface area (Å²) >= 11 is 0. The summed E-state index contributed by atoms with van der Waals surface area (Å²) in [7, 11) is 5.53. The van der Waals surface area contributed by atoms with Crippen molar-refractivity contribution in [3.05, 3.63) is 46.5 Å². The van der Waals surface area contributed by atoms with Crippen molar-refractivity contribution in [2.24, 2.45) is 0 Å². The molecule has 0 atom stereocenters. The number of nitrogens with one attached hydrogen (secondary N) is 2. The van der Waals surface area contributed by atoms with Crippen LogP contribution in [0.3, 0.4) is 0 Å². The summed E-state index contributed by atoms with van der Waals surface area (Å²) < 4.78 is 23.6. The molecule has 0 aliphatic heterocycles. The number of aromatic amines is 1. The van der Waals surface area contributed by atoms with E-state index in [-0.39, 0.29) is 34.2 Å². The first-order chi connectivity index (χ1) is 13.0. The van der Waals surface area contributed by atoms with E-state index < -0.39 is 17.5 Å². The molecule has 0 saturated heterocycles. The number of hydrogen-bond donors (Lipinski definition) is 2. The molecule has 14 heteroatoms. The average molecular weight is 368 g/mol. The van der Waals surface area contributed by atoms with E-state index in [1.165, 1.54) is 18.3 Å². The van der Waals surface area contributed by atoms with Crippen LogP contribution in [-0.2, 0) is 0 Å². The topological polar surface area (TPSA) is 158 Å². The number of anilines is 1. The fraction of sp³-hybridized carbons (Fsp3) is 0. The van der Waals surface area contributed by atoms with Gasteiger partial charge in [-0.2, -0.15) is 15.4 Å². The largest absolute Gasteiger partial charge is 0.446 e. The van der Waals surface area contributed by atoms with Gasteiger partial charge in [0.1, 0.15) is 13.7 Å². The van der Waals surface area contributed by atoms with E-state index in [0.29, 0.717) is 0 Å². The molecule has 0 fully saturated rings. The highest BCUT2D eigenvalue weighted by Crippen LogP contribution is 2.24. The molecule has 0 bridgehead atoms. The van der Waals surface area contributed by atoms with Crippen LogP contribution in [0, 0.1) is 5.82 Å². The molecule has 4 aromatic rings. The second kappa shape index (κ2) is 6.32. The molecule has 4 rings (SSSR count). The van der Waals surface area contributed by atoms with Gasteiger partial charge in [-0.15, -0.1) is 0 Å². The van der Waals surface area contributed by atoms with Crippen molar-refractivity contribution in [1.82, 2.24) is 35.4 Å². The Balaban J connectivity index is 1.76. The maximum absolute atomic E-state index is 13.4. The van der Waals surface area contributed by atoms with Gasteiger partial charge in [0.2, 0.25) is 11.6 Å². The summed E-state index contributed by atoms with van der Waals surface area (Å²) in [5, 5.41) is 22.6. The van der Waals surface area contributed by atoms with Gasteiger partial charge in [-0.25, -0.2) is 18.4 Å². The van der Waals surface area contributed by atoms with Gasteiger partial charge < -0.3 is 5.32 Å². The number of benzene rings is 1. The van der Waals surface area contributed by atoms with Crippen molar-refractivity contribution in [1.29, 1.82) is 0 Å². The van der Waals surface area contributed by atoms with Gasteiger partial charge in [0.15, 0.2) is 11.4 Å². The van der Waals surface area contributed by atoms with E-state index >= 15 is 0 Å². The normalized spacial score (nSPS) is 10.9. The summed E-state index contributed by atoms with van der Waals surface area (Å²) in [5.41, 5.74) is -0.162. The fourth-order valence-corrected chi connectivity index (χ4v) is 2.20. The Morgan fingerprint density at radius 3 is 2.89 bits per heavy atom. The highest BCUT2D eigenvalue weighted by Gasteiger charge is 2.24. The highest BCUT2D eigenvalue weighted by molar-refractivity contribution is 6.32. The lowest BCUT2D eigenvalue weighted by Crippen LogP contribution is -2.18. The van der Waals surface area contributed by atoms with Crippen LogP contribution < -0.4 is 16.5 Å². The van der Waals surface area contributed by atoms with Gasteiger partial charge in [0.05, 0.1) is 11.9 Å². The molecule has 0 aliphatic carbocycles. The molecule has 3 heterocycles. The van der Waals surface area contributed by atoms with E-state index in [2.05, 4.69) is 45.3 Å². The maximum Gasteiger partial charge on any atom is 0.446 e. The predicted octanol–water partition coefficient (Wildman–Crippen LogP) is -0.821. The number of carbonyl (C=O) groups is 1. The first-order valence-electron chi connectivity index (χ1n) is 7.19. The standard InChI is InChI=1S/C13H6BFN8O4/c14-6-3-5(1-2-7(6)15)23-11(21-26-13(23)25)9-10(20-27-19-9)17-12(24)8-4-16-22-18-8/h1-4H,(H,16,18,22)(H,17,20,24). The zero-order valence-electron chi connectivity index (χ0n) is 13.1. The van der Waals surface area contributed by atoms with Gasteiger partial charge >= 0.3 is 5.76 Å². The van der Waals surface area contributed by atoms with Crippen molar-refractivity contribution in [3.63, 3.8) is 0 Å². The van der Waals surface area contributed by atoms with Gasteiger partial charge in [0, 0.05) is 0 Å². The molecule has 0 spiro atoms. The Kier molecular flexibility index (Phi) is 3.84. The number of H-pyrrole nitrogens is 1. The van der Waals surface area contributed by atoms with Crippen LogP contribution in [-0.4, -0.2) is 49.2 Å². The minimum absolute atomic E-state index is 0.0206. The molecule has 27 heavy (non-hydrogen) atoms.